The summed E-state index contributed by atoms with van der Waals surface area (Å²) in [6, 6.07) is 10.3. The van der Waals surface area contributed by atoms with Gasteiger partial charge in [-0.15, -0.1) is 11.3 Å². The molecule has 1 aromatic heterocycles. The molecule has 0 radical (unpaired) electrons. The lowest BCUT2D eigenvalue weighted by Gasteiger charge is -2.34. The van der Waals surface area contributed by atoms with E-state index in [1.807, 2.05) is 24.3 Å². The van der Waals surface area contributed by atoms with E-state index in [0.717, 1.165) is 28.8 Å². The summed E-state index contributed by atoms with van der Waals surface area (Å²) in [4.78, 5) is 34.5. The molecule has 1 unspecified atom stereocenters. The number of nitrogens with one attached hydrogen (secondary N) is 2. The fourth-order valence-corrected chi connectivity index (χ4v) is 5.32. The standard InChI is InChI=1S/C20H19F3N2O3S.C2HF3O2/c1-28-14-4-2-12(3-5-14)9-25-10-13-8-19(25,11-24-13)17(26)15-6-7-16(29-15)18(27)20(21,22)23;3-2(4,5)1(6)7/h2-7,13,24H,8-11H2,1H3;(H,6,7)/t13-,19-;/m0./s1. The maximum atomic E-state index is 13.4. The molecule has 7 nitrogen and oxygen atoms in total. The Morgan fingerprint density at radius 3 is 2.14 bits per heavy atom. The number of methoxy groups -OCH3 is 1. The number of carbonyl (C=O) groups excluding carboxylic acids is 3. The average molecular weight is 538 g/mol. The number of halogens is 6. The minimum absolute atomic E-state index is 0.195. The zero-order valence-electron chi connectivity index (χ0n) is 18.6. The van der Waals surface area contributed by atoms with Gasteiger partial charge in [0.25, 0.3) is 5.78 Å². The van der Waals surface area contributed by atoms with Crippen LogP contribution in [0, 0.1) is 0 Å². The van der Waals surface area contributed by atoms with E-state index in [9.17, 15) is 35.9 Å². The second kappa shape index (κ2) is 10.2. The van der Waals surface area contributed by atoms with E-state index in [-0.39, 0.29) is 16.7 Å². The van der Waals surface area contributed by atoms with Crippen LogP contribution in [0.1, 0.15) is 31.3 Å². The molecular weight excluding hydrogens is 518 g/mol. The number of fused-ring (bicyclic) bond motifs is 2. The van der Waals surface area contributed by atoms with Crippen molar-refractivity contribution in [2.45, 2.75) is 36.9 Å². The molecule has 0 spiro atoms. The number of hydrogen-bond donors (Lipinski definition) is 2. The fourth-order valence-electron chi connectivity index (χ4n) is 4.31. The lowest BCUT2D eigenvalue weighted by atomic mass is 9.91. The molecule has 4 rings (SSSR count). The number of rotatable bonds is 6. The number of alkyl halides is 6. The number of likely N-dealkylation sites (tertiary alicyclic amines) is 1. The Balaban J connectivity index is 0.000000454. The smallest absolute Gasteiger partial charge is 0.455 e. The third kappa shape index (κ3) is 5.87. The number of ether oxygens (including phenoxy) is 1. The van der Waals surface area contributed by atoms with Crippen LogP contribution in [-0.4, -0.2) is 61.7 Å². The number of ketones is 2. The van der Waals surface area contributed by atoms with Gasteiger partial charge >= 0.3 is 12.4 Å². The third-order valence-electron chi connectivity index (χ3n) is 6.01. The second-order valence-electron chi connectivity index (χ2n) is 8.30. The number of aliphatic carboxylic acids is 1. The SMILES string of the molecule is COc1ccc(C[NH+]2C[C@@H]3C[C@@]2(C(=O)c2ccc(C(=O)C(F)(F)F)s2)CN3)cc1.O=C([O-])C(F)(F)F. The van der Waals surface area contributed by atoms with Gasteiger partial charge < -0.3 is 24.9 Å². The van der Waals surface area contributed by atoms with Gasteiger partial charge in [-0.05, 0) is 36.4 Å². The number of hydrogen-bond acceptors (Lipinski definition) is 7. The molecule has 2 aliphatic rings. The first-order valence-electron chi connectivity index (χ1n) is 10.4. The van der Waals surface area contributed by atoms with Crippen molar-refractivity contribution >= 4 is 28.9 Å². The maximum absolute atomic E-state index is 13.4. The summed E-state index contributed by atoms with van der Waals surface area (Å²) in [5, 5.41) is 12.1. The largest absolute Gasteiger partial charge is 0.542 e. The molecule has 3 heterocycles. The highest BCUT2D eigenvalue weighted by atomic mass is 32.1. The fraction of sp³-hybridized carbons (Fsp3) is 0.409. The minimum Gasteiger partial charge on any atom is -0.542 e. The minimum atomic E-state index is -5.19. The molecule has 14 heteroatoms. The zero-order chi connectivity index (χ0) is 26.9. The Hall–Kier alpha value is -2.97. The van der Waals surface area contributed by atoms with Crippen LogP contribution < -0.4 is 20.1 Å². The molecule has 2 N–H and O–H groups in total. The van der Waals surface area contributed by atoms with Crippen LogP contribution >= 0.6 is 11.3 Å². The van der Waals surface area contributed by atoms with Gasteiger partial charge in [-0.1, -0.05) is 0 Å². The first-order chi connectivity index (χ1) is 16.7. The Morgan fingerprint density at radius 2 is 1.64 bits per heavy atom. The second-order valence-corrected chi connectivity index (χ2v) is 9.39. The molecule has 0 aliphatic carbocycles. The van der Waals surface area contributed by atoms with Gasteiger partial charge in [-0.3, -0.25) is 9.59 Å². The van der Waals surface area contributed by atoms with Gasteiger partial charge in [0.2, 0.25) is 5.78 Å². The molecule has 0 saturated carbocycles. The van der Waals surface area contributed by atoms with Crippen LogP contribution in [0.15, 0.2) is 36.4 Å². The number of Topliss-reactive ketones (excluding diaryl/α,β-unsaturated/α-hetero) is 2. The highest BCUT2D eigenvalue weighted by Gasteiger charge is 2.60. The normalized spacial score (nSPS) is 23.1. The van der Waals surface area contributed by atoms with E-state index in [1.54, 1.807) is 7.11 Å². The van der Waals surface area contributed by atoms with Crippen molar-refractivity contribution < 1.29 is 55.5 Å². The molecule has 36 heavy (non-hydrogen) atoms. The van der Waals surface area contributed by atoms with Crippen molar-refractivity contribution in [3.05, 3.63) is 51.7 Å². The highest BCUT2D eigenvalue weighted by molar-refractivity contribution is 7.16. The van der Waals surface area contributed by atoms with Crippen LogP contribution in [-0.2, 0) is 11.3 Å². The number of carboxylic acids is 1. The maximum Gasteiger partial charge on any atom is 0.455 e. The van der Waals surface area contributed by atoms with Crippen molar-refractivity contribution in [1.29, 1.82) is 0 Å². The number of thiophene rings is 1. The third-order valence-corrected chi connectivity index (χ3v) is 7.09. The topological polar surface area (TPSA) is 100.0 Å². The number of carboxylic acid groups (broad SMARTS) is 1. The number of quaternary nitrogens is 1. The molecule has 0 amide bonds. The molecule has 2 saturated heterocycles. The first kappa shape index (κ1) is 27.6. The van der Waals surface area contributed by atoms with Crippen molar-refractivity contribution in [2.75, 3.05) is 20.2 Å². The van der Waals surface area contributed by atoms with Crippen molar-refractivity contribution in [3.63, 3.8) is 0 Å². The van der Waals surface area contributed by atoms with Crippen molar-refractivity contribution in [3.8, 4) is 5.75 Å². The van der Waals surface area contributed by atoms with Crippen LogP contribution in [0.25, 0.3) is 0 Å². The summed E-state index contributed by atoms with van der Waals surface area (Å²) in [6.07, 6.45) is -9.50. The van der Waals surface area contributed by atoms with Crippen molar-refractivity contribution in [1.82, 2.24) is 5.32 Å². The van der Waals surface area contributed by atoms with E-state index in [0.29, 0.717) is 30.8 Å². The van der Waals surface area contributed by atoms with Gasteiger partial charge in [0.15, 0.2) is 5.54 Å². The number of piperazine rings is 1. The molecule has 2 aromatic rings. The van der Waals surface area contributed by atoms with E-state index >= 15 is 0 Å². The molecule has 2 aliphatic heterocycles. The quantitative estimate of drug-likeness (QED) is 0.424. The summed E-state index contributed by atoms with van der Waals surface area (Å²) in [6.45, 7) is 1.87. The molecular formula is C22H20F6N2O5S. The molecule has 1 aromatic carbocycles. The molecule has 3 atom stereocenters. The lowest BCUT2D eigenvalue weighted by molar-refractivity contribution is -0.943. The van der Waals surface area contributed by atoms with Crippen LogP contribution in [0.2, 0.25) is 0 Å². The van der Waals surface area contributed by atoms with E-state index < -0.39 is 34.5 Å². The predicted octanol–water partition coefficient (Wildman–Crippen LogP) is 1.18. The monoisotopic (exact) mass is 538 g/mol. The van der Waals surface area contributed by atoms with E-state index in [4.69, 9.17) is 14.6 Å². The Labute approximate surface area is 204 Å². The summed E-state index contributed by atoms with van der Waals surface area (Å²) in [5.74, 6) is -4.36. The Bertz CT molecular complexity index is 1130. The summed E-state index contributed by atoms with van der Waals surface area (Å²) in [5.41, 5.74) is 0.327. The van der Waals surface area contributed by atoms with Crippen LogP contribution in [0.4, 0.5) is 26.3 Å². The van der Waals surface area contributed by atoms with Crippen LogP contribution in [0.3, 0.4) is 0 Å². The van der Waals surface area contributed by atoms with Gasteiger partial charge in [-0.2, -0.15) is 26.3 Å². The number of benzene rings is 1. The predicted molar refractivity (Wildman–Crippen MR) is 112 cm³/mol. The molecule has 196 valence electrons. The first-order valence-corrected chi connectivity index (χ1v) is 11.2. The van der Waals surface area contributed by atoms with Gasteiger partial charge in [0, 0.05) is 12.0 Å². The Kier molecular flexibility index (Phi) is 7.81. The van der Waals surface area contributed by atoms with E-state index in [1.165, 1.54) is 6.07 Å². The number of carbonyl (C=O) groups is 3. The average Bonchev–Trinajstić information content (AvgIpc) is 3.53. The zero-order valence-corrected chi connectivity index (χ0v) is 19.4. The van der Waals surface area contributed by atoms with Crippen LogP contribution in [0.5, 0.6) is 5.75 Å². The van der Waals surface area contributed by atoms with Crippen molar-refractivity contribution in [2.24, 2.45) is 0 Å². The van der Waals surface area contributed by atoms with Gasteiger partial charge in [0.1, 0.15) is 18.3 Å². The molecule has 2 fully saturated rings. The summed E-state index contributed by atoms with van der Waals surface area (Å²) >= 11 is 0.632. The highest BCUT2D eigenvalue weighted by Crippen LogP contribution is 2.31. The van der Waals surface area contributed by atoms with E-state index in [2.05, 4.69) is 5.32 Å². The van der Waals surface area contributed by atoms with Gasteiger partial charge in [0.05, 0.1) is 36.0 Å². The summed E-state index contributed by atoms with van der Waals surface area (Å²) in [7, 11) is 1.60. The molecule has 2 bridgehead atoms. The Morgan fingerprint density at radius 1 is 1.06 bits per heavy atom. The summed E-state index contributed by atoms with van der Waals surface area (Å²) < 4.78 is 74.8. The van der Waals surface area contributed by atoms with Gasteiger partial charge in [-0.25, -0.2) is 0 Å². The lowest BCUT2D eigenvalue weighted by Crippen LogP contribution is -3.20.